The fourth-order valence-electron chi connectivity index (χ4n) is 17.4. The van der Waals surface area contributed by atoms with Gasteiger partial charge in [-0.1, -0.05) is 60.1 Å². The summed E-state index contributed by atoms with van der Waals surface area (Å²) in [6.45, 7) is 15.3. The van der Waals surface area contributed by atoms with E-state index in [-0.39, 0.29) is 50.9 Å². The Kier molecular flexibility index (Phi) is 18.3. The number of rotatable bonds is 12. The molecule has 0 unspecified atom stereocenters. The summed E-state index contributed by atoms with van der Waals surface area (Å²) in [7, 11) is 0. The highest BCUT2D eigenvalue weighted by molar-refractivity contribution is 5.79. The van der Waals surface area contributed by atoms with Crippen molar-refractivity contribution in [1.82, 2.24) is 0 Å². The molecule has 5 aliphatic carbocycles. The van der Waals surface area contributed by atoms with Gasteiger partial charge in [0, 0.05) is 0 Å². The van der Waals surface area contributed by atoms with Crippen molar-refractivity contribution in [3.8, 4) is 0 Å². The van der Waals surface area contributed by atoms with E-state index < -0.39 is 179 Å². The highest BCUT2D eigenvalue weighted by atomic mass is 16.8. The molecule has 4 saturated carbocycles. The van der Waals surface area contributed by atoms with Gasteiger partial charge in [-0.3, -0.25) is 4.79 Å². The van der Waals surface area contributed by atoms with Gasteiger partial charge in [-0.15, -0.1) is 0 Å². The van der Waals surface area contributed by atoms with E-state index in [4.69, 9.17) is 47.4 Å². The molecule has 0 aromatic carbocycles. The first-order valence-electron chi connectivity index (χ1n) is 30.0. The molecule has 0 bridgehead atoms. The number of hydrogen-bond donors (Lipinski definition) is 14. The van der Waals surface area contributed by atoms with Crippen LogP contribution < -0.4 is 0 Å². The molecular weight excluding hydrogens is 1100 g/mol. The first-order valence-corrected chi connectivity index (χ1v) is 30.0. The van der Waals surface area contributed by atoms with Crippen LogP contribution in [0.1, 0.15) is 120 Å². The summed E-state index contributed by atoms with van der Waals surface area (Å²) >= 11 is 0. The summed E-state index contributed by atoms with van der Waals surface area (Å²) in [5.74, 6) is -0.257. The van der Waals surface area contributed by atoms with E-state index in [2.05, 4.69) is 54.5 Å². The number of carbonyl (C=O) groups excluding carboxylic acids is 1. The highest BCUT2D eigenvalue weighted by Crippen LogP contribution is 2.76. The van der Waals surface area contributed by atoms with Crippen LogP contribution in [0.5, 0.6) is 0 Å². The zero-order chi connectivity index (χ0) is 60.4. The number of hydrogen-bond acceptors (Lipinski definition) is 25. The minimum Gasteiger partial charge on any atom is -0.432 e. The molecule has 5 saturated heterocycles. The van der Waals surface area contributed by atoms with Crippen LogP contribution in [0.4, 0.5) is 0 Å². The second-order valence-corrected chi connectivity index (χ2v) is 28.2. The lowest BCUT2D eigenvalue weighted by Gasteiger charge is -2.71. The van der Waals surface area contributed by atoms with E-state index >= 15 is 4.79 Å². The zero-order valence-electron chi connectivity index (χ0n) is 48.8. The van der Waals surface area contributed by atoms with Crippen molar-refractivity contribution in [1.29, 1.82) is 0 Å². The van der Waals surface area contributed by atoms with Crippen LogP contribution >= 0.6 is 0 Å². The van der Waals surface area contributed by atoms with Gasteiger partial charge >= 0.3 is 5.97 Å². The van der Waals surface area contributed by atoms with Crippen molar-refractivity contribution in [2.45, 2.75) is 267 Å². The largest absolute Gasteiger partial charge is 0.432 e. The number of ether oxygens (including phenoxy) is 10. The summed E-state index contributed by atoms with van der Waals surface area (Å²) in [4.78, 5) is 15.2. The Hall–Kier alpha value is -1.71. The fraction of sp³-hybridized carbons (Fsp3) is 0.948. The van der Waals surface area contributed by atoms with Gasteiger partial charge in [-0.05, 0) is 116 Å². The Balaban J connectivity index is 0.805. The van der Waals surface area contributed by atoms with Gasteiger partial charge in [0.25, 0.3) is 0 Å². The molecule has 0 amide bonds. The minimum atomic E-state index is -1.92. The van der Waals surface area contributed by atoms with Crippen LogP contribution in [0.15, 0.2) is 11.6 Å². The topological polar surface area (TPSA) is 393 Å². The van der Waals surface area contributed by atoms with Crippen molar-refractivity contribution < 1.29 is 124 Å². The third-order valence-corrected chi connectivity index (χ3v) is 22.7. The van der Waals surface area contributed by atoms with Gasteiger partial charge < -0.3 is 119 Å². The van der Waals surface area contributed by atoms with Gasteiger partial charge in [0.05, 0.1) is 44.1 Å². The molecular formula is C58H94O25. The molecule has 0 spiro atoms. The van der Waals surface area contributed by atoms with E-state index in [9.17, 15) is 71.5 Å². The van der Waals surface area contributed by atoms with Gasteiger partial charge in [-0.25, -0.2) is 0 Å². The minimum absolute atomic E-state index is 0.119. The summed E-state index contributed by atoms with van der Waals surface area (Å²) in [6, 6.07) is 0. The van der Waals surface area contributed by atoms with Crippen LogP contribution in [-0.4, -0.2) is 251 Å². The Bertz CT molecular complexity index is 2310. The van der Waals surface area contributed by atoms with E-state index in [1.165, 1.54) is 12.5 Å². The lowest BCUT2D eigenvalue weighted by Crippen LogP contribution is -2.66. The quantitative estimate of drug-likeness (QED) is 0.0576. The lowest BCUT2D eigenvalue weighted by atomic mass is 9.33. The molecule has 9 fully saturated rings. The van der Waals surface area contributed by atoms with Crippen LogP contribution in [0.25, 0.3) is 0 Å². The first-order chi connectivity index (χ1) is 38.9. The second-order valence-electron chi connectivity index (χ2n) is 28.2. The van der Waals surface area contributed by atoms with Gasteiger partial charge in [0.15, 0.2) is 25.2 Å². The molecule has 31 atom stereocenters. The van der Waals surface area contributed by atoms with Gasteiger partial charge in [0.1, 0.15) is 104 Å². The molecule has 10 aliphatic rings. The molecule has 10 rings (SSSR count). The average Bonchev–Trinajstić information content (AvgIpc) is 1.09. The predicted octanol–water partition coefficient (Wildman–Crippen LogP) is -1.91. The summed E-state index contributed by atoms with van der Waals surface area (Å²) in [6.07, 6.45) is -27.0. The maximum atomic E-state index is 15.2. The molecule has 83 heavy (non-hydrogen) atoms. The van der Waals surface area contributed by atoms with E-state index in [0.29, 0.717) is 25.7 Å². The normalized spacial score (nSPS) is 54.2. The van der Waals surface area contributed by atoms with Gasteiger partial charge in [0.2, 0.25) is 6.29 Å². The fourth-order valence-corrected chi connectivity index (χ4v) is 17.4. The molecule has 0 radical (unpaired) electrons. The first kappa shape index (κ1) is 64.3. The average molecular weight is 1190 g/mol. The molecule has 25 nitrogen and oxygen atoms in total. The Morgan fingerprint density at radius 2 is 1.06 bits per heavy atom. The van der Waals surface area contributed by atoms with Crippen molar-refractivity contribution in [3.05, 3.63) is 11.6 Å². The maximum Gasteiger partial charge on any atom is 0.315 e. The van der Waals surface area contributed by atoms with Crippen LogP contribution in [0.2, 0.25) is 0 Å². The standard InChI is InChI=1S/C58H94O25/c1-24-44(80-51-40(69)37(66)35(64)30(21-60)78-51)38(67)41(70)49(76-24)82-46-28(62)22-74-47(42(46)71)81-45-27(61)23-75-48(43(45)72)83-52(73)58-17-15-53(2,3)19-26(58)25-9-10-32-55(6)13-12-33(79-50-39(68)36(65)34(63)29(20-59)77-50)54(4,5)31(55)11-14-57(32,8)56(25,7)16-18-58/h9,24,26-51,59-72H,10-23H2,1-8H3/t24-,26-,27-,28+,29+,30+,31-,32+,33-,34-,35-,36-,37-,38-,39+,40+,41+,42+,43+,44-,45-,46-,47-,48-,49-,50-,51-,55-,56+,57+,58-/m0/s1. The number of allylic oxidation sites excluding steroid dienone is 2. The van der Waals surface area contributed by atoms with Crippen LogP contribution in [0, 0.1) is 50.2 Å². The lowest BCUT2D eigenvalue weighted by molar-refractivity contribution is -0.376. The van der Waals surface area contributed by atoms with Gasteiger partial charge in [-0.2, -0.15) is 0 Å². The summed E-state index contributed by atoms with van der Waals surface area (Å²) in [5.41, 5.74) is -0.821. The third kappa shape index (κ3) is 10.8. The number of fused-ring (bicyclic) bond motifs is 7. The third-order valence-electron chi connectivity index (χ3n) is 22.7. The van der Waals surface area contributed by atoms with Crippen molar-refractivity contribution in [2.24, 2.45) is 50.2 Å². The smallest absolute Gasteiger partial charge is 0.315 e. The van der Waals surface area contributed by atoms with Crippen molar-refractivity contribution in [3.63, 3.8) is 0 Å². The van der Waals surface area contributed by atoms with Crippen molar-refractivity contribution >= 4 is 5.97 Å². The van der Waals surface area contributed by atoms with E-state index in [1.807, 2.05) is 0 Å². The maximum absolute atomic E-state index is 15.2. The Morgan fingerprint density at radius 1 is 0.542 bits per heavy atom. The SMILES string of the molecule is C[C@@H]1O[C@@H](O[C@@H]2[C@@H](O)[C@H](O[C@@H]3[C@@H](O)[C@H](OC(=O)[C@]45CCC(C)(C)C[C@H]4C4=CC[C@@H]6[C@@]7(C)CC[C@H](O[C@@H]8O[C@H](CO)[C@H](O)[C@H](O)[C@H]8O)C(C)(C)[C@@H]7CC[C@@]6(C)[C@]4(C)CC5)OC[C@@H]3O)OC[C@H]2O)[C@H](O)[C@H](O)[C@H]1O[C@@H]1O[C@H](CO)[C@H](O)[C@H](O)[C@H]1O. The number of aliphatic hydroxyl groups excluding tert-OH is 14. The van der Waals surface area contributed by atoms with Crippen LogP contribution in [-0.2, 0) is 52.2 Å². The zero-order valence-corrected chi connectivity index (χ0v) is 48.8. The molecule has 0 aromatic rings. The molecule has 5 heterocycles. The number of esters is 1. The Morgan fingerprint density at radius 3 is 1.66 bits per heavy atom. The van der Waals surface area contributed by atoms with E-state index in [1.54, 1.807) is 0 Å². The molecule has 476 valence electrons. The molecule has 14 N–H and O–H groups in total. The van der Waals surface area contributed by atoms with Crippen molar-refractivity contribution in [2.75, 3.05) is 26.4 Å². The number of carbonyl (C=O) groups is 1. The summed E-state index contributed by atoms with van der Waals surface area (Å²) < 4.78 is 59.0. The summed E-state index contributed by atoms with van der Waals surface area (Å²) in [5, 5.41) is 150. The second kappa shape index (κ2) is 23.6. The predicted molar refractivity (Wildman–Crippen MR) is 282 cm³/mol. The molecule has 25 heteroatoms. The Labute approximate surface area is 483 Å². The molecule has 5 aliphatic heterocycles. The number of aliphatic hydroxyl groups is 14. The monoisotopic (exact) mass is 1190 g/mol. The molecule has 0 aromatic heterocycles. The highest BCUT2D eigenvalue weighted by Gasteiger charge is 2.70. The van der Waals surface area contributed by atoms with E-state index in [0.717, 1.165) is 38.5 Å². The van der Waals surface area contributed by atoms with Crippen LogP contribution in [0.3, 0.4) is 0 Å².